The van der Waals surface area contributed by atoms with E-state index in [0.29, 0.717) is 6.54 Å². The molecule has 5 heteroatoms. The molecule has 19 heavy (non-hydrogen) atoms. The van der Waals surface area contributed by atoms with Gasteiger partial charge in [0.05, 0.1) is 0 Å². The first-order valence-electron chi connectivity index (χ1n) is 6.63. The second kappa shape index (κ2) is 5.46. The first kappa shape index (κ1) is 16.5. The molecule has 0 bridgehead atoms. The van der Waals surface area contributed by atoms with Crippen molar-refractivity contribution < 1.29 is 14.3 Å². The van der Waals surface area contributed by atoms with Crippen molar-refractivity contribution in [3.8, 4) is 0 Å². The van der Waals surface area contributed by atoms with Gasteiger partial charge in [0, 0.05) is 0 Å². The third-order valence-electron chi connectivity index (χ3n) is 3.11. The Hall–Kier alpha value is -0.521. The molecule has 0 N–H and O–H groups in total. The predicted octanol–water partition coefficient (Wildman–Crippen LogP) is 3.00. The zero-order chi connectivity index (χ0) is 15.0. The van der Waals surface area contributed by atoms with Gasteiger partial charge in [0.2, 0.25) is 0 Å². The fourth-order valence-corrected chi connectivity index (χ4v) is 7.59. The number of amides is 1. The normalized spacial score (nSPS) is 17.8. The van der Waals surface area contributed by atoms with Gasteiger partial charge in [-0.05, 0) is 0 Å². The van der Waals surface area contributed by atoms with Gasteiger partial charge in [-0.3, -0.25) is 0 Å². The topological polar surface area (TPSA) is 46.6 Å². The summed E-state index contributed by atoms with van der Waals surface area (Å²) in [6.45, 7) is 8.11. The monoisotopic (exact) mass is 375 g/mol. The van der Waals surface area contributed by atoms with Gasteiger partial charge >= 0.3 is 120 Å². The van der Waals surface area contributed by atoms with E-state index in [1.165, 1.54) is 8.49 Å². The van der Waals surface area contributed by atoms with E-state index in [0.717, 1.165) is 5.57 Å². The quantitative estimate of drug-likeness (QED) is 0.663. The second-order valence-electron chi connectivity index (χ2n) is 7.11. The van der Waals surface area contributed by atoms with E-state index in [-0.39, 0.29) is 18.4 Å². The maximum absolute atomic E-state index is 12.1. The van der Waals surface area contributed by atoms with Crippen molar-refractivity contribution in [2.75, 3.05) is 13.1 Å². The summed E-state index contributed by atoms with van der Waals surface area (Å²) in [6.07, 6.45) is -0.388. The molecule has 1 aliphatic heterocycles. The van der Waals surface area contributed by atoms with E-state index < -0.39 is 24.0 Å². The molecule has 0 atom stereocenters. The van der Waals surface area contributed by atoms with Crippen molar-refractivity contribution in [3.63, 3.8) is 0 Å². The Morgan fingerprint density at radius 1 is 1.21 bits per heavy atom. The number of hydrogen-bond acceptors (Lipinski definition) is 3. The number of carbonyl (C=O) groups is 2. The van der Waals surface area contributed by atoms with Crippen LogP contribution in [0.3, 0.4) is 0 Å². The van der Waals surface area contributed by atoms with Gasteiger partial charge in [0.25, 0.3) is 0 Å². The van der Waals surface area contributed by atoms with Crippen molar-refractivity contribution in [3.05, 3.63) is 9.16 Å². The molecule has 0 radical (unpaired) electrons. The Labute approximate surface area is 120 Å². The van der Waals surface area contributed by atoms with Crippen LogP contribution in [0, 0.1) is 0 Å². The third kappa shape index (κ3) is 4.51. The Morgan fingerprint density at radius 3 is 2.16 bits per heavy atom. The first-order chi connectivity index (χ1) is 8.42. The van der Waals surface area contributed by atoms with Gasteiger partial charge < -0.3 is 0 Å². The van der Waals surface area contributed by atoms with Gasteiger partial charge in [0.1, 0.15) is 0 Å². The SMILES string of the molecule is CC1=[C]([Sn]([CH3])([CH3])[CH3])CN(C(=O)OC(C)(C)C)CC1=O. The summed E-state index contributed by atoms with van der Waals surface area (Å²) in [4.78, 5) is 32.5. The number of hydrogen-bond donors (Lipinski definition) is 0. The van der Waals surface area contributed by atoms with Gasteiger partial charge in [0.15, 0.2) is 0 Å². The van der Waals surface area contributed by atoms with E-state index in [1.54, 1.807) is 0 Å². The molecule has 1 amide bonds. The minimum atomic E-state index is -2.35. The van der Waals surface area contributed by atoms with Crippen molar-refractivity contribution in [2.24, 2.45) is 0 Å². The van der Waals surface area contributed by atoms with Gasteiger partial charge in [-0.2, -0.15) is 0 Å². The average molecular weight is 374 g/mol. The van der Waals surface area contributed by atoms with Crippen LogP contribution >= 0.6 is 0 Å². The molecule has 0 fully saturated rings. The molecule has 0 spiro atoms. The predicted molar refractivity (Wildman–Crippen MR) is 78.9 cm³/mol. The maximum atomic E-state index is 12.1. The van der Waals surface area contributed by atoms with Crippen LogP contribution in [0.1, 0.15) is 27.7 Å². The number of ketones is 1. The zero-order valence-corrected chi connectivity index (χ0v) is 15.9. The molecule has 1 heterocycles. The van der Waals surface area contributed by atoms with E-state index >= 15 is 0 Å². The molecule has 108 valence electrons. The van der Waals surface area contributed by atoms with Crippen LogP contribution in [-0.2, 0) is 9.53 Å². The molecular formula is C14H25NO3Sn. The van der Waals surface area contributed by atoms with Crippen molar-refractivity contribution >= 4 is 30.3 Å². The molecule has 0 aromatic rings. The van der Waals surface area contributed by atoms with Gasteiger partial charge in [-0.25, -0.2) is 0 Å². The van der Waals surface area contributed by atoms with Crippen LogP contribution in [-0.4, -0.2) is 53.8 Å². The Kier molecular flexibility index (Phi) is 4.75. The molecule has 0 saturated carbocycles. The van der Waals surface area contributed by atoms with Crippen molar-refractivity contribution in [1.29, 1.82) is 0 Å². The molecule has 0 aliphatic carbocycles. The number of nitrogens with zero attached hydrogens (tertiary/aromatic N) is 1. The average Bonchev–Trinajstić information content (AvgIpc) is 2.17. The fraction of sp³-hybridized carbons (Fsp3) is 0.714. The summed E-state index contributed by atoms with van der Waals surface area (Å²) < 4.78 is 6.58. The molecule has 0 aromatic heterocycles. The van der Waals surface area contributed by atoms with E-state index in [1.807, 2.05) is 27.7 Å². The van der Waals surface area contributed by atoms with Gasteiger partial charge in [-0.15, -0.1) is 0 Å². The molecular weight excluding hydrogens is 349 g/mol. The summed E-state index contributed by atoms with van der Waals surface area (Å²) in [5.74, 6) is 0.0544. The fourth-order valence-electron chi connectivity index (χ4n) is 2.08. The molecule has 0 unspecified atom stereocenters. The summed E-state index contributed by atoms with van der Waals surface area (Å²) >= 11 is -2.35. The standard InChI is InChI=1S/C11H16NO3.3CH3.Sn/c1-8-5-6-12(7-9(8)13)10(14)15-11(2,3)4;;;;/h6-7H2,1-4H3;3*1H3;. The number of carbonyl (C=O) groups excluding carboxylic acids is 2. The van der Waals surface area contributed by atoms with Crippen molar-refractivity contribution in [1.82, 2.24) is 4.90 Å². The Bertz CT molecular complexity index is 427. The second-order valence-corrected chi connectivity index (χ2v) is 21.7. The molecule has 4 nitrogen and oxygen atoms in total. The van der Waals surface area contributed by atoms with Crippen LogP contribution in [0.5, 0.6) is 0 Å². The Morgan fingerprint density at radius 2 is 1.74 bits per heavy atom. The summed E-state index contributed by atoms with van der Waals surface area (Å²) in [7, 11) is 0. The van der Waals surface area contributed by atoms with Crippen molar-refractivity contribution in [2.45, 2.75) is 48.1 Å². The summed E-state index contributed by atoms with van der Waals surface area (Å²) in [6, 6.07) is 0. The van der Waals surface area contributed by atoms with E-state index in [4.69, 9.17) is 4.74 Å². The molecule has 0 aromatic carbocycles. The number of rotatable bonds is 1. The first-order valence-corrected chi connectivity index (χ1v) is 16.6. The van der Waals surface area contributed by atoms with E-state index in [2.05, 4.69) is 14.8 Å². The Balaban J connectivity index is 2.94. The van der Waals surface area contributed by atoms with Gasteiger partial charge in [-0.1, -0.05) is 0 Å². The molecule has 1 aliphatic rings. The zero-order valence-electron chi connectivity index (χ0n) is 13.1. The van der Waals surface area contributed by atoms with Crippen LogP contribution in [0.25, 0.3) is 0 Å². The number of ether oxygens (including phenoxy) is 1. The van der Waals surface area contributed by atoms with E-state index in [9.17, 15) is 9.59 Å². The minimum absolute atomic E-state index is 0.0544. The van der Waals surface area contributed by atoms with Crippen LogP contribution in [0.4, 0.5) is 4.79 Å². The third-order valence-corrected chi connectivity index (χ3v) is 9.80. The summed E-state index contributed by atoms with van der Waals surface area (Å²) in [5, 5.41) is 0. The summed E-state index contributed by atoms with van der Waals surface area (Å²) in [5.41, 5.74) is 0.352. The molecule has 1 rings (SSSR count). The van der Waals surface area contributed by atoms with Crippen LogP contribution in [0.15, 0.2) is 9.16 Å². The van der Waals surface area contributed by atoms with Crippen LogP contribution < -0.4 is 0 Å². The van der Waals surface area contributed by atoms with Crippen LogP contribution in [0.2, 0.25) is 14.8 Å². The molecule has 0 saturated heterocycles. The number of Topliss-reactive ketones (excluding diaryl/α,β-unsaturated/α-hetero) is 1.